The molecule has 0 fully saturated rings. The molecule has 0 unspecified atom stereocenters. The number of nitrogens with one attached hydrogen (secondary N) is 1. The quantitative estimate of drug-likeness (QED) is 0.716. The Balaban J connectivity index is 2.10. The van der Waals surface area contributed by atoms with Crippen molar-refractivity contribution in [2.45, 2.75) is 39.0 Å². The van der Waals surface area contributed by atoms with Crippen LogP contribution < -0.4 is 5.32 Å². The van der Waals surface area contributed by atoms with Crippen LogP contribution in [0.25, 0.3) is 11.4 Å². The number of halogens is 3. The van der Waals surface area contributed by atoms with Crippen molar-refractivity contribution in [3.05, 3.63) is 29.8 Å². The lowest BCUT2D eigenvalue weighted by Gasteiger charge is -2.21. The van der Waals surface area contributed by atoms with Crippen molar-refractivity contribution in [2.24, 2.45) is 5.92 Å². The van der Waals surface area contributed by atoms with Gasteiger partial charge in [-0.3, -0.25) is 4.79 Å². The van der Waals surface area contributed by atoms with Crippen molar-refractivity contribution < 1.29 is 27.5 Å². The fourth-order valence-electron chi connectivity index (χ4n) is 2.40. The highest BCUT2D eigenvalue weighted by Crippen LogP contribution is 2.31. The maximum absolute atomic E-state index is 12.8. The summed E-state index contributed by atoms with van der Waals surface area (Å²) in [5.41, 5.74) is -0.720. The van der Waals surface area contributed by atoms with E-state index in [9.17, 15) is 22.8 Å². The van der Waals surface area contributed by atoms with Gasteiger partial charge in [0.25, 0.3) is 0 Å². The molecule has 0 saturated heterocycles. The van der Waals surface area contributed by atoms with Crippen LogP contribution in [0, 0.1) is 5.92 Å². The molecule has 0 aliphatic heterocycles. The maximum atomic E-state index is 12.8. The van der Waals surface area contributed by atoms with Crippen molar-refractivity contribution >= 4 is 11.9 Å². The monoisotopic (exact) mass is 399 g/mol. The van der Waals surface area contributed by atoms with Crippen LogP contribution in [-0.4, -0.2) is 45.2 Å². The number of alkyl halides is 3. The molecule has 1 amide bonds. The van der Waals surface area contributed by atoms with E-state index in [0.29, 0.717) is 6.42 Å². The molecule has 1 aromatic heterocycles. The fourth-order valence-corrected chi connectivity index (χ4v) is 2.40. The topological polar surface area (TPSA) is 99.0 Å². The minimum absolute atomic E-state index is 0.0506. The second-order valence-corrected chi connectivity index (χ2v) is 6.18. The number of carbonyl (C=O) groups excluding carboxylic acids is 2. The lowest BCUT2D eigenvalue weighted by atomic mass is 9.99. The number of methoxy groups -OCH3 is 1. The standard InChI is InChI=1S/C17H20F3N5O3/c1-4-10(2)14(16(27)28-3)21-13(26)9-25-23-15(22-24-25)11-6-5-7-12(8-11)17(18,19)20/h5-8,10,14H,4,9H2,1-3H3,(H,21,26)/t10-,14+/m1/s1. The summed E-state index contributed by atoms with van der Waals surface area (Å²) in [7, 11) is 1.23. The average Bonchev–Trinajstić information content (AvgIpc) is 3.12. The predicted octanol–water partition coefficient (Wildman–Crippen LogP) is 2.06. The van der Waals surface area contributed by atoms with E-state index in [4.69, 9.17) is 4.74 Å². The first-order valence-corrected chi connectivity index (χ1v) is 8.48. The number of tetrazole rings is 1. The summed E-state index contributed by atoms with van der Waals surface area (Å²) in [4.78, 5) is 25.0. The molecule has 8 nitrogen and oxygen atoms in total. The van der Waals surface area contributed by atoms with Gasteiger partial charge in [-0.05, 0) is 23.3 Å². The van der Waals surface area contributed by atoms with Crippen LogP contribution >= 0.6 is 0 Å². The van der Waals surface area contributed by atoms with Crippen molar-refractivity contribution in [1.82, 2.24) is 25.5 Å². The Kier molecular flexibility index (Phi) is 6.71. The van der Waals surface area contributed by atoms with E-state index in [1.54, 1.807) is 6.92 Å². The van der Waals surface area contributed by atoms with Crippen LogP contribution in [0.2, 0.25) is 0 Å². The van der Waals surface area contributed by atoms with E-state index >= 15 is 0 Å². The summed E-state index contributed by atoms with van der Waals surface area (Å²) >= 11 is 0. The van der Waals surface area contributed by atoms with Gasteiger partial charge in [0.05, 0.1) is 12.7 Å². The second kappa shape index (κ2) is 8.81. The SMILES string of the molecule is CC[C@@H](C)[C@H](NC(=O)Cn1nnc(-c2cccc(C(F)(F)F)c2)n1)C(=O)OC. The van der Waals surface area contributed by atoms with Gasteiger partial charge < -0.3 is 10.1 Å². The molecule has 0 saturated carbocycles. The summed E-state index contributed by atoms with van der Waals surface area (Å²) < 4.78 is 43.1. The molecule has 0 radical (unpaired) electrons. The number of aromatic nitrogens is 4. The first-order chi connectivity index (χ1) is 13.2. The molecule has 1 N–H and O–H groups in total. The number of amides is 1. The lowest BCUT2D eigenvalue weighted by molar-refractivity contribution is -0.146. The summed E-state index contributed by atoms with van der Waals surface area (Å²) in [6.45, 7) is 3.31. The Hall–Kier alpha value is -2.98. The summed E-state index contributed by atoms with van der Waals surface area (Å²) in [5, 5.41) is 13.9. The lowest BCUT2D eigenvalue weighted by Crippen LogP contribution is -2.46. The zero-order chi connectivity index (χ0) is 20.9. The summed E-state index contributed by atoms with van der Waals surface area (Å²) in [6.07, 6.45) is -3.86. The Morgan fingerprint density at radius 3 is 2.64 bits per heavy atom. The maximum Gasteiger partial charge on any atom is 0.416 e. The minimum Gasteiger partial charge on any atom is -0.467 e. The zero-order valence-electron chi connectivity index (χ0n) is 15.5. The van der Waals surface area contributed by atoms with Crippen LogP contribution in [0.3, 0.4) is 0 Å². The zero-order valence-corrected chi connectivity index (χ0v) is 15.5. The van der Waals surface area contributed by atoms with Gasteiger partial charge in [0.2, 0.25) is 11.7 Å². The molecule has 0 aliphatic carbocycles. The Morgan fingerprint density at radius 1 is 1.32 bits per heavy atom. The molecule has 152 valence electrons. The third-order valence-electron chi connectivity index (χ3n) is 4.17. The molecular weight excluding hydrogens is 379 g/mol. The van der Waals surface area contributed by atoms with Gasteiger partial charge >= 0.3 is 12.1 Å². The third-order valence-corrected chi connectivity index (χ3v) is 4.17. The van der Waals surface area contributed by atoms with E-state index in [1.807, 2.05) is 6.92 Å². The third kappa shape index (κ3) is 5.27. The molecule has 2 atom stereocenters. The number of carbonyl (C=O) groups is 2. The minimum atomic E-state index is -4.50. The van der Waals surface area contributed by atoms with Gasteiger partial charge in [0, 0.05) is 5.56 Å². The molecule has 28 heavy (non-hydrogen) atoms. The highest BCUT2D eigenvalue weighted by Gasteiger charge is 2.31. The van der Waals surface area contributed by atoms with Crippen molar-refractivity contribution in [2.75, 3.05) is 7.11 Å². The van der Waals surface area contributed by atoms with Gasteiger partial charge in [0.1, 0.15) is 12.6 Å². The van der Waals surface area contributed by atoms with E-state index in [1.165, 1.54) is 19.2 Å². The number of hydrogen-bond acceptors (Lipinski definition) is 6. The molecule has 11 heteroatoms. The number of esters is 1. The Labute approximate surface area is 159 Å². The highest BCUT2D eigenvalue weighted by atomic mass is 19.4. The normalized spacial score (nSPS) is 13.6. The molecule has 1 heterocycles. The molecular formula is C17H20F3N5O3. The predicted molar refractivity (Wildman–Crippen MR) is 91.7 cm³/mol. The fraction of sp³-hybridized carbons (Fsp3) is 0.471. The Bertz CT molecular complexity index is 837. The molecule has 0 aliphatic rings. The Morgan fingerprint density at radius 2 is 2.04 bits per heavy atom. The summed E-state index contributed by atoms with van der Waals surface area (Å²) in [5.74, 6) is -1.33. The number of benzene rings is 1. The summed E-state index contributed by atoms with van der Waals surface area (Å²) in [6, 6.07) is 3.65. The van der Waals surface area contributed by atoms with Gasteiger partial charge in [-0.2, -0.15) is 18.0 Å². The first-order valence-electron chi connectivity index (χ1n) is 8.48. The second-order valence-electron chi connectivity index (χ2n) is 6.18. The molecule has 2 rings (SSSR count). The van der Waals surface area contributed by atoms with Gasteiger partial charge in [-0.15, -0.1) is 10.2 Å². The molecule has 2 aromatic rings. The number of nitrogens with zero attached hydrogens (tertiary/aromatic N) is 4. The largest absolute Gasteiger partial charge is 0.467 e. The van der Waals surface area contributed by atoms with E-state index < -0.39 is 29.7 Å². The number of ether oxygens (including phenoxy) is 1. The number of hydrogen-bond donors (Lipinski definition) is 1. The molecule has 0 spiro atoms. The van der Waals surface area contributed by atoms with Gasteiger partial charge in [-0.1, -0.05) is 32.4 Å². The van der Waals surface area contributed by atoms with Crippen molar-refractivity contribution in [3.8, 4) is 11.4 Å². The van der Waals surface area contributed by atoms with E-state index in [2.05, 4.69) is 20.7 Å². The van der Waals surface area contributed by atoms with Crippen LogP contribution in [0.4, 0.5) is 13.2 Å². The van der Waals surface area contributed by atoms with Gasteiger partial charge in [-0.25, -0.2) is 4.79 Å². The van der Waals surface area contributed by atoms with Crippen LogP contribution in [0.5, 0.6) is 0 Å². The van der Waals surface area contributed by atoms with Crippen LogP contribution in [0.15, 0.2) is 24.3 Å². The van der Waals surface area contributed by atoms with E-state index in [0.717, 1.165) is 16.9 Å². The molecule has 0 bridgehead atoms. The van der Waals surface area contributed by atoms with Gasteiger partial charge in [0.15, 0.2) is 0 Å². The van der Waals surface area contributed by atoms with E-state index in [-0.39, 0.29) is 23.9 Å². The van der Waals surface area contributed by atoms with Crippen LogP contribution in [0.1, 0.15) is 25.8 Å². The number of rotatable bonds is 7. The highest BCUT2D eigenvalue weighted by molar-refractivity contribution is 5.84. The smallest absolute Gasteiger partial charge is 0.416 e. The van der Waals surface area contributed by atoms with Crippen LogP contribution in [-0.2, 0) is 27.0 Å². The molecule has 1 aromatic carbocycles. The van der Waals surface area contributed by atoms with Crippen molar-refractivity contribution in [1.29, 1.82) is 0 Å². The average molecular weight is 399 g/mol. The van der Waals surface area contributed by atoms with Crippen molar-refractivity contribution in [3.63, 3.8) is 0 Å². The first kappa shape index (κ1) is 21.3.